The molecule has 0 aromatic rings. The largest absolute Gasteiger partial charge is 0.478 e. The lowest BCUT2D eigenvalue weighted by Gasteiger charge is -1.74. The number of aliphatic carboxylic acids is 2. The first-order valence-electron chi connectivity index (χ1n) is 2.58. The highest BCUT2D eigenvalue weighted by Gasteiger charge is 1.88. The number of rotatable bonds is 2. The van der Waals surface area contributed by atoms with Crippen LogP contribution in [-0.2, 0) is 14.3 Å². The van der Waals surface area contributed by atoms with E-state index in [1.165, 1.54) is 0 Å². The zero-order valence-corrected chi connectivity index (χ0v) is 6.27. The Bertz CT molecular complexity index is 133. The Morgan fingerprint density at radius 1 is 1.09 bits per heavy atom. The molecule has 0 aromatic heterocycles. The summed E-state index contributed by atoms with van der Waals surface area (Å²) in [4.78, 5) is 19.1. The van der Waals surface area contributed by atoms with Crippen molar-refractivity contribution in [1.29, 1.82) is 0 Å². The average Bonchev–Trinajstić information content (AvgIpc) is 1.85. The number of methoxy groups -OCH3 is 1. The van der Waals surface area contributed by atoms with Gasteiger partial charge in [0.1, 0.15) is 0 Å². The Morgan fingerprint density at radius 3 is 1.36 bits per heavy atom. The molecule has 2 N–H and O–H groups in total. The summed E-state index contributed by atoms with van der Waals surface area (Å²) in [5.74, 6) is -2.51. The van der Waals surface area contributed by atoms with Gasteiger partial charge >= 0.3 is 11.9 Å². The lowest BCUT2D eigenvalue weighted by atomic mass is 10.5. The van der Waals surface area contributed by atoms with E-state index in [4.69, 9.17) is 10.2 Å². The van der Waals surface area contributed by atoms with E-state index >= 15 is 0 Å². The molecule has 64 valence electrons. The highest BCUT2D eigenvalue weighted by Crippen LogP contribution is 1.70. The molecule has 0 unspecified atom stereocenters. The van der Waals surface area contributed by atoms with E-state index in [9.17, 15) is 9.59 Å². The van der Waals surface area contributed by atoms with Crippen LogP contribution in [-0.4, -0.2) is 36.4 Å². The molecule has 0 heterocycles. The second-order valence-electron chi connectivity index (χ2n) is 1.42. The minimum atomic E-state index is -1.26. The van der Waals surface area contributed by atoms with Gasteiger partial charge in [0.25, 0.3) is 0 Å². The maximum Gasteiger partial charge on any atom is 0.328 e. The molecule has 0 aliphatic carbocycles. The van der Waals surface area contributed by atoms with Crippen molar-refractivity contribution in [2.24, 2.45) is 0 Å². The lowest BCUT2D eigenvalue weighted by molar-refractivity contribution is -0.134. The SMILES string of the molecule is COC.O=C(O)/C=C\C(=O)O. The summed E-state index contributed by atoms with van der Waals surface area (Å²) in [6.07, 6.45) is 1.12. The molecule has 0 aliphatic heterocycles. The van der Waals surface area contributed by atoms with Gasteiger partial charge in [-0.3, -0.25) is 0 Å². The Morgan fingerprint density at radius 2 is 1.27 bits per heavy atom. The molecule has 0 aliphatic rings. The van der Waals surface area contributed by atoms with E-state index in [0.29, 0.717) is 12.2 Å². The quantitative estimate of drug-likeness (QED) is 0.557. The third-order valence-electron chi connectivity index (χ3n) is 0.368. The number of hydrogen-bond donors (Lipinski definition) is 2. The van der Waals surface area contributed by atoms with Crippen LogP contribution in [0, 0.1) is 0 Å². The second kappa shape index (κ2) is 8.64. The molecule has 0 spiro atoms. The lowest BCUT2D eigenvalue weighted by Crippen LogP contribution is -1.91. The minimum Gasteiger partial charge on any atom is -0.478 e. The molecular formula is C6H10O5. The fourth-order valence-corrected chi connectivity index (χ4v) is 0.143. The van der Waals surface area contributed by atoms with Crippen LogP contribution < -0.4 is 0 Å². The summed E-state index contributed by atoms with van der Waals surface area (Å²) in [7, 11) is 3.25. The molecular weight excluding hydrogens is 152 g/mol. The van der Waals surface area contributed by atoms with E-state index in [2.05, 4.69) is 4.74 Å². The van der Waals surface area contributed by atoms with Crippen molar-refractivity contribution in [1.82, 2.24) is 0 Å². The van der Waals surface area contributed by atoms with Gasteiger partial charge in [0.05, 0.1) is 0 Å². The normalized spacial score (nSPS) is 8.55. The monoisotopic (exact) mass is 162 g/mol. The first-order valence-corrected chi connectivity index (χ1v) is 2.58. The van der Waals surface area contributed by atoms with Gasteiger partial charge in [0.2, 0.25) is 0 Å². The fraction of sp³-hybridized carbons (Fsp3) is 0.333. The van der Waals surface area contributed by atoms with Gasteiger partial charge in [0, 0.05) is 26.4 Å². The van der Waals surface area contributed by atoms with Crippen LogP contribution in [0.5, 0.6) is 0 Å². The Kier molecular flexibility index (Phi) is 9.68. The predicted octanol–water partition coefficient (Wildman–Crippen LogP) is -0.0256. The van der Waals surface area contributed by atoms with Gasteiger partial charge in [-0.15, -0.1) is 0 Å². The summed E-state index contributed by atoms with van der Waals surface area (Å²) in [5, 5.41) is 15.6. The number of ether oxygens (including phenoxy) is 1. The van der Waals surface area contributed by atoms with E-state index in [0.717, 1.165) is 0 Å². The molecule has 0 fully saturated rings. The van der Waals surface area contributed by atoms with Crippen molar-refractivity contribution in [3.05, 3.63) is 12.2 Å². The second-order valence-corrected chi connectivity index (χ2v) is 1.42. The first-order chi connectivity index (χ1) is 5.04. The van der Waals surface area contributed by atoms with Crippen LogP contribution in [0.3, 0.4) is 0 Å². The smallest absolute Gasteiger partial charge is 0.328 e. The van der Waals surface area contributed by atoms with Crippen molar-refractivity contribution in [2.75, 3.05) is 14.2 Å². The van der Waals surface area contributed by atoms with Crippen molar-refractivity contribution < 1.29 is 24.5 Å². The Balaban J connectivity index is 0. The van der Waals surface area contributed by atoms with Gasteiger partial charge in [-0.25, -0.2) is 9.59 Å². The number of carboxylic acid groups (broad SMARTS) is 2. The van der Waals surface area contributed by atoms with E-state index in [1.54, 1.807) is 14.2 Å². The van der Waals surface area contributed by atoms with E-state index in [1.807, 2.05) is 0 Å². The van der Waals surface area contributed by atoms with Crippen LogP contribution >= 0.6 is 0 Å². The first kappa shape index (κ1) is 12.3. The molecule has 0 saturated carbocycles. The summed E-state index contributed by atoms with van der Waals surface area (Å²) >= 11 is 0. The summed E-state index contributed by atoms with van der Waals surface area (Å²) in [6, 6.07) is 0. The minimum absolute atomic E-state index is 0.558. The molecule has 0 bridgehead atoms. The number of carboxylic acids is 2. The third kappa shape index (κ3) is 28.8. The number of hydrogen-bond acceptors (Lipinski definition) is 3. The van der Waals surface area contributed by atoms with Gasteiger partial charge in [-0.2, -0.15) is 0 Å². The summed E-state index contributed by atoms with van der Waals surface area (Å²) in [6.45, 7) is 0. The van der Waals surface area contributed by atoms with Crippen molar-refractivity contribution in [2.45, 2.75) is 0 Å². The predicted molar refractivity (Wildman–Crippen MR) is 37.3 cm³/mol. The molecule has 11 heavy (non-hydrogen) atoms. The number of carbonyl (C=O) groups is 2. The maximum atomic E-state index is 9.55. The zero-order chi connectivity index (χ0) is 9.28. The van der Waals surface area contributed by atoms with Crippen molar-refractivity contribution in [3.63, 3.8) is 0 Å². The summed E-state index contributed by atoms with van der Waals surface area (Å²) < 4.78 is 4.25. The van der Waals surface area contributed by atoms with Crippen LogP contribution in [0.25, 0.3) is 0 Å². The molecule has 0 aromatic carbocycles. The van der Waals surface area contributed by atoms with Gasteiger partial charge in [-0.1, -0.05) is 0 Å². The summed E-state index contributed by atoms with van der Waals surface area (Å²) in [5.41, 5.74) is 0. The van der Waals surface area contributed by atoms with Crippen LogP contribution in [0.4, 0.5) is 0 Å². The van der Waals surface area contributed by atoms with Gasteiger partial charge in [-0.05, 0) is 0 Å². The molecule has 0 amide bonds. The molecule has 5 heteroatoms. The Hall–Kier alpha value is -1.36. The standard InChI is InChI=1S/C4H4O4.C2H6O/c5-3(6)1-2-4(7)8;1-3-2/h1-2H,(H,5,6)(H,7,8);1-2H3/b2-1-;. The molecule has 0 saturated heterocycles. The topological polar surface area (TPSA) is 83.8 Å². The van der Waals surface area contributed by atoms with Crippen LogP contribution in [0.2, 0.25) is 0 Å². The van der Waals surface area contributed by atoms with Crippen LogP contribution in [0.15, 0.2) is 12.2 Å². The highest BCUT2D eigenvalue weighted by atomic mass is 16.4. The van der Waals surface area contributed by atoms with Gasteiger partial charge < -0.3 is 14.9 Å². The maximum absolute atomic E-state index is 9.55. The Labute approximate surface area is 63.9 Å². The molecule has 5 nitrogen and oxygen atoms in total. The van der Waals surface area contributed by atoms with Crippen molar-refractivity contribution in [3.8, 4) is 0 Å². The van der Waals surface area contributed by atoms with E-state index in [-0.39, 0.29) is 0 Å². The molecule has 0 radical (unpaired) electrons. The zero-order valence-electron chi connectivity index (χ0n) is 6.27. The van der Waals surface area contributed by atoms with Gasteiger partial charge in [0.15, 0.2) is 0 Å². The van der Waals surface area contributed by atoms with Crippen molar-refractivity contribution >= 4 is 11.9 Å². The molecule has 0 rings (SSSR count). The molecule has 0 atom stereocenters. The van der Waals surface area contributed by atoms with E-state index < -0.39 is 11.9 Å². The van der Waals surface area contributed by atoms with Crippen LogP contribution in [0.1, 0.15) is 0 Å². The highest BCUT2D eigenvalue weighted by molar-refractivity contribution is 5.89. The third-order valence-corrected chi connectivity index (χ3v) is 0.368. The average molecular weight is 162 g/mol. The fourth-order valence-electron chi connectivity index (χ4n) is 0.143.